The van der Waals surface area contributed by atoms with Gasteiger partial charge in [-0.2, -0.15) is 0 Å². The van der Waals surface area contributed by atoms with Gasteiger partial charge in [-0.3, -0.25) is 0 Å². The summed E-state index contributed by atoms with van der Waals surface area (Å²) < 4.78 is 0. The quantitative estimate of drug-likeness (QED) is 0.374. The van der Waals surface area contributed by atoms with E-state index in [0.717, 1.165) is 6.42 Å². The van der Waals surface area contributed by atoms with Crippen LogP contribution < -0.4 is 5.73 Å². The molecule has 1 fully saturated rings. The van der Waals surface area contributed by atoms with Crippen LogP contribution in [-0.4, -0.2) is 28.5 Å². The van der Waals surface area contributed by atoms with E-state index in [9.17, 15) is 0 Å². The minimum Gasteiger partial charge on any atom is -0.390 e. The van der Waals surface area contributed by atoms with Crippen LogP contribution in [-0.2, 0) is 0 Å². The van der Waals surface area contributed by atoms with E-state index in [1.165, 1.54) is 0 Å². The second kappa shape index (κ2) is 2.01. The molecule has 4 N–H and O–H groups in total. The third-order valence-corrected chi connectivity index (χ3v) is 1.63. The van der Waals surface area contributed by atoms with Crippen LogP contribution in [0.4, 0.5) is 0 Å². The molecule has 8 heavy (non-hydrogen) atoms. The standard InChI is InChI=1S/C5H11NO2/c6-3-1-2-4(7)5(3)8/h3-5,7-8H,1-2,6H2/t3-,4?,5?/m1/s1. The molecule has 0 bridgehead atoms. The van der Waals surface area contributed by atoms with Gasteiger partial charge in [0.2, 0.25) is 0 Å². The van der Waals surface area contributed by atoms with Crippen molar-refractivity contribution in [1.29, 1.82) is 0 Å². The number of hydrogen-bond donors (Lipinski definition) is 3. The number of nitrogens with two attached hydrogens (primary N) is 1. The third-order valence-electron chi connectivity index (χ3n) is 1.63. The van der Waals surface area contributed by atoms with Gasteiger partial charge in [-0.15, -0.1) is 0 Å². The third kappa shape index (κ3) is 0.844. The summed E-state index contributed by atoms with van der Waals surface area (Å²) in [4.78, 5) is 0. The fourth-order valence-electron chi connectivity index (χ4n) is 0.990. The van der Waals surface area contributed by atoms with Crippen LogP contribution in [0.15, 0.2) is 0 Å². The SMILES string of the molecule is N[C@@H]1CCC(O)C1O. The maximum Gasteiger partial charge on any atom is 0.0949 e. The fraction of sp³-hybridized carbons (Fsp3) is 1.00. The van der Waals surface area contributed by atoms with Crippen LogP contribution in [0.5, 0.6) is 0 Å². The molecule has 0 aromatic carbocycles. The lowest BCUT2D eigenvalue weighted by molar-refractivity contribution is 0.0364. The number of hydrogen-bond acceptors (Lipinski definition) is 3. The van der Waals surface area contributed by atoms with Gasteiger partial charge in [0.05, 0.1) is 12.2 Å². The Morgan fingerprint density at radius 2 is 1.88 bits per heavy atom. The van der Waals surface area contributed by atoms with Gasteiger partial charge in [0.25, 0.3) is 0 Å². The summed E-state index contributed by atoms with van der Waals surface area (Å²) in [6.45, 7) is 0. The molecule has 1 aliphatic rings. The Morgan fingerprint density at radius 3 is 2.00 bits per heavy atom. The first-order valence-electron chi connectivity index (χ1n) is 2.83. The summed E-state index contributed by atoms with van der Waals surface area (Å²) in [5, 5.41) is 17.7. The Bertz CT molecular complexity index is 76.5. The van der Waals surface area contributed by atoms with Crippen molar-refractivity contribution < 1.29 is 10.2 Å². The molecule has 48 valence electrons. The summed E-state index contributed by atoms with van der Waals surface area (Å²) in [7, 11) is 0. The predicted molar refractivity (Wildman–Crippen MR) is 29.2 cm³/mol. The van der Waals surface area contributed by atoms with Crippen molar-refractivity contribution in [3.8, 4) is 0 Å². The smallest absolute Gasteiger partial charge is 0.0949 e. The first-order valence-corrected chi connectivity index (χ1v) is 2.83. The largest absolute Gasteiger partial charge is 0.390 e. The molecule has 3 atom stereocenters. The van der Waals surface area contributed by atoms with Gasteiger partial charge in [-0.05, 0) is 12.8 Å². The average Bonchev–Trinajstić information content (AvgIpc) is 1.98. The van der Waals surface area contributed by atoms with Crippen molar-refractivity contribution in [2.45, 2.75) is 31.1 Å². The second-order valence-corrected chi connectivity index (χ2v) is 2.30. The highest BCUT2D eigenvalue weighted by Gasteiger charge is 2.29. The minimum atomic E-state index is -0.685. The highest BCUT2D eigenvalue weighted by Crippen LogP contribution is 2.17. The fourth-order valence-corrected chi connectivity index (χ4v) is 0.990. The maximum absolute atomic E-state index is 8.89. The first-order chi connectivity index (χ1) is 3.72. The molecule has 0 aromatic rings. The van der Waals surface area contributed by atoms with Gasteiger partial charge in [-0.1, -0.05) is 0 Å². The van der Waals surface area contributed by atoms with Crippen molar-refractivity contribution in [1.82, 2.24) is 0 Å². The van der Waals surface area contributed by atoms with Gasteiger partial charge >= 0.3 is 0 Å². The molecule has 0 saturated heterocycles. The van der Waals surface area contributed by atoms with E-state index in [4.69, 9.17) is 15.9 Å². The van der Waals surface area contributed by atoms with Gasteiger partial charge in [0.15, 0.2) is 0 Å². The topological polar surface area (TPSA) is 66.5 Å². The van der Waals surface area contributed by atoms with Crippen molar-refractivity contribution >= 4 is 0 Å². The zero-order chi connectivity index (χ0) is 6.15. The molecule has 1 rings (SSSR count). The maximum atomic E-state index is 8.89. The molecule has 3 heteroatoms. The minimum absolute atomic E-state index is 0.204. The molecule has 1 saturated carbocycles. The van der Waals surface area contributed by atoms with Crippen LogP contribution in [0.25, 0.3) is 0 Å². The molecule has 0 spiro atoms. The molecular formula is C5H11NO2. The number of aliphatic hydroxyl groups is 2. The Hall–Kier alpha value is -0.120. The van der Waals surface area contributed by atoms with Crippen molar-refractivity contribution in [3.05, 3.63) is 0 Å². The van der Waals surface area contributed by atoms with E-state index in [1.807, 2.05) is 0 Å². The lowest BCUT2D eigenvalue weighted by Gasteiger charge is -2.09. The molecular weight excluding hydrogens is 106 g/mol. The molecule has 1 aliphatic carbocycles. The molecule has 0 amide bonds. The molecule has 2 unspecified atom stereocenters. The second-order valence-electron chi connectivity index (χ2n) is 2.30. The lowest BCUT2D eigenvalue weighted by Crippen LogP contribution is -2.34. The summed E-state index contributed by atoms with van der Waals surface area (Å²) in [6.07, 6.45) is 0.116. The first kappa shape index (κ1) is 6.01. The Kier molecular flexibility index (Phi) is 1.51. The molecule has 0 aliphatic heterocycles. The number of rotatable bonds is 0. The number of aliphatic hydroxyl groups excluding tert-OH is 2. The van der Waals surface area contributed by atoms with Crippen LogP contribution in [0.2, 0.25) is 0 Å². The zero-order valence-corrected chi connectivity index (χ0v) is 4.62. The van der Waals surface area contributed by atoms with Crippen LogP contribution in [0.1, 0.15) is 12.8 Å². The summed E-state index contributed by atoms with van der Waals surface area (Å²) in [6, 6.07) is -0.204. The van der Waals surface area contributed by atoms with Crippen LogP contribution >= 0.6 is 0 Å². The Balaban J connectivity index is 2.44. The summed E-state index contributed by atoms with van der Waals surface area (Å²) in [5.74, 6) is 0. The molecule has 0 radical (unpaired) electrons. The lowest BCUT2D eigenvalue weighted by atomic mass is 10.2. The van der Waals surface area contributed by atoms with E-state index < -0.39 is 12.2 Å². The van der Waals surface area contributed by atoms with Crippen LogP contribution in [0, 0.1) is 0 Å². The predicted octanol–water partition coefficient (Wildman–Crippen LogP) is -1.17. The molecule has 3 nitrogen and oxygen atoms in total. The molecule has 0 aromatic heterocycles. The monoisotopic (exact) mass is 117 g/mol. The Labute approximate surface area is 48.1 Å². The van der Waals surface area contributed by atoms with E-state index >= 15 is 0 Å². The summed E-state index contributed by atoms with van der Waals surface area (Å²) >= 11 is 0. The zero-order valence-electron chi connectivity index (χ0n) is 4.62. The van der Waals surface area contributed by atoms with E-state index in [0.29, 0.717) is 6.42 Å². The molecule has 0 heterocycles. The van der Waals surface area contributed by atoms with Gasteiger partial charge in [-0.25, -0.2) is 0 Å². The Morgan fingerprint density at radius 1 is 1.25 bits per heavy atom. The average molecular weight is 117 g/mol. The normalized spacial score (nSPS) is 47.6. The van der Waals surface area contributed by atoms with E-state index in [1.54, 1.807) is 0 Å². The van der Waals surface area contributed by atoms with Crippen molar-refractivity contribution in [3.63, 3.8) is 0 Å². The highest BCUT2D eigenvalue weighted by atomic mass is 16.3. The van der Waals surface area contributed by atoms with Crippen molar-refractivity contribution in [2.75, 3.05) is 0 Å². The van der Waals surface area contributed by atoms with Crippen molar-refractivity contribution in [2.24, 2.45) is 5.73 Å². The summed E-state index contributed by atoms with van der Waals surface area (Å²) in [5.41, 5.74) is 5.36. The van der Waals surface area contributed by atoms with E-state index in [-0.39, 0.29) is 6.04 Å². The van der Waals surface area contributed by atoms with Gasteiger partial charge in [0, 0.05) is 6.04 Å². The van der Waals surface area contributed by atoms with Crippen LogP contribution in [0.3, 0.4) is 0 Å². The van der Waals surface area contributed by atoms with Gasteiger partial charge < -0.3 is 15.9 Å². The van der Waals surface area contributed by atoms with E-state index in [2.05, 4.69) is 0 Å². The van der Waals surface area contributed by atoms with Gasteiger partial charge in [0.1, 0.15) is 0 Å². The highest BCUT2D eigenvalue weighted by molar-refractivity contribution is 4.86.